The van der Waals surface area contributed by atoms with E-state index in [-0.39, 0.29) is 0 Å². The maximum atomic E-state index is 9.27. The van der Waals surface area contributed by atoms with Gasteiger partial charge in [0.15, 0.2) is 5.65 Å². The Morgan fingerprint density at radius 3 is 2.83 bits per heavy atom. The molecule has 0 N–H and O–H groups in total. The van der Waals surface area contributed by atoms with Crippen LogP contribution in [0.3, 0.4) is 0 Å². The molecule has 0 atom stereocenters. The Hall–Kier alpha value is -2.38. The van der Waals surface area contributed by atoms with Gasteiger partial charge in [0.05, 0.1) is 5.02 Å². The maximum Gasteiger partial charge on any atom is 0.173 e. The second kappa shape index (κ2) is 4.13. The molecule has 18 heavy (non-hydrogen) atoms. The SMILES string of the molecule is N#Cc1c(-c2ccccc2Cl)nn2cccnc12. The van der Waals surface area contributed by atoms with E-state index >= 15 is 0 Å². The van der Waals surface area contributed by atoms with Gasteiger partial charge in [0.25, 0.3) is 0 Å². The Balaban J connectivity index is 2.37. The van der Waals surface area contributed by atoms with Crippen LogP contribution < -0.4 is 0 Å². The van der Waals surface area contributed by atoms with Crippen molar-refractivity contribution in [3.63, 3.8) is 0 Å². The summed E-state index contributed by atoms with van der Waals surface area (Å²) < 4.78 is 1.58. The van der Waals surface area contributed by atoms with Crippen molar-refractivity contribution < 1.29 is 0 Å². The van der Waals surface area contributed by atoms with E-state index < -0.39 is 0 Å². The molecule has 0 spiro atoms. The molecule has 0 bridgehead atoms. The van der Waals surface area contributed by atoms with Crippen LogP contribution in [0, 0.1) is 11.3 Å². The lowest BCUT2D eigenvalue weighted by molar-refractivity contribution is 0.943. The molecule has 0 fully saturated rings. The van der Waals surface area contributed by atoms with Crippen molar-refractivity contribution in [1.29, 1.82) is 5.26 Å². The standard InChI is InChI=1S/C13H7ClN4/c14-11-5-2-1-4-9(11)12-10(8-15)13-16-6-3-7-18(13)17-12/h1-7H. The van der Waals surface area contributed by atoms with Crippen LogP contribution in [0.4, 0.5) is 0 Å². The molecular formula is C13H7ClN4. The van der Waals surface area contributed by atoms with Gasteiger partial charge in [-0.15, -0.1) is 0 Å². The summed E-state index contributed by atoms with van der Waals surface area (Å²) in [5.74, 6) is 0. The first-order valence-electron chi connectivity index (χ1n) is 5.29. The molecule has 3 rings (SSSR count). The third-order valence-electron chi connectivity index (χ3n) is 2.64. The normalized spacial score (nSPS) is 10.4. The van der Waals surface area contributed by atoms with Crippen LogP contribution >= 0.6 is 11.6 Å². The molecule has 3 aromatic rings. The smallest absolute Gasteiger partial charge is 0.173 e. The van der Waals surface area contributed by atoms with Crippen molar-refractivity contribution in [3.05, 3.63) is 53.3 Å². The second-order valence-corrected chi connectivity index (χ2v) is 4.11. The summed E-state index contributed by atoms with van der Waals surface area (Å²) in [5.41, 5.74) is 2.27. The summed E-state index contributed by atoms with van der Waals surface area (Å²) in [5, 5.41) is 14.2. The van der Waals surface area contributed by atoms with Crippen molar-refractivity contribution in [1.82, 2.24) is 14.6 Å². The number of aromatic nitrogens is 3. The van der Waals surface area contributed by atoms with Crippen LogP contribution in [0.25, 0.3) is 16.9 Å². The Kier molecular flexibility index (Phi) is 2.47. The molecule has 5 heteroatoms. The second-order valence-electron chi connectivity index (χ2n) is 3.70. The van der Waals surface area contributed by atoms with Gasteiger partial charge in [0.1, 0.15) is 17.3 Å². The molecule has 0 aliphatic rings. The van der Waals surface area contributed by atoms with Crippen molar-refractivity contribution in [2.75, 3.05) is 0 Å². The van der Waals surface area contributed by atoms with Gasteiger partial charge in [-0.1, -0.05) is 29.8 Å². The molecule has 0 saturated heterocycles. The molecule has 0 aliphatic carbocycles. The summed E-state index contributed by atoms with van der Waals surface area (Å²) in [6.45, 7) is 0. The van der Waals surface area contributed by atoms with Crippen molar-refractivity contribution in [3.8, 4) is 17.3 Å². The minimum atomic E-state index is 0.434. The number of nitriles is 1. The number of hydrogen-bond donors (Lipinski definition) is 0. The summed E-state index contributed by atoms with van der Waals surface area (Å²) in [6.07, 6.45) is 3.39. The van der Waals surface area contributed by atoms with Gasteiger partial charge in [-0.3, -0.25) is 0 Å². The first-order chi connectivity index (χ1) is 8.81. The molecule has 0 unspecified atom stereocenters. The monoisotopic (exact) mass is 254 g/mol. The van der Waals surface area contributed by atoms with Gasteiger partial charge in [0, 0.05) is 18.0 Å². The highest BCUT2D eigenvalue weighted by Crippen LogP contribution is 2.30. The van der Waals surface area contributed by atoms with E-state index in [1.807, 2.05) is 18.2 Å². The lowest BCUT2D eigenvalue weighted by atomic mass is 10.1. The van der Waals surface area contributed by atoms with E-state index in [1.54, 1.807) is 29.0 Å². The van der Waals surface area contributed by atoms with E-state index in [1.165, 1.54) is 0 Å². The van der Waals surface area contributed by atoms with Crippen molar-refractivity contribution in [2.24, 2.45) is 0 Å². The Bertz CT molecular complexity index is 770. The van der Waals surface area contributed by atoms with Crippen LogP contribution in [-0.2, 0) is 0 Å². The highest BCUT2D eigenvalue weighted by molar-refractivity contribution is 6.33. The number of rotatable bonds is 1. The lowest BCUT2D eigenvalue weighted by Crippen LogP contribution is -1.87. The fourth-order valence-electron chi connectivity index (χ4n) is 1.83. The van der Waals surface area contributed by atoms with Gasteiger partial charge in [-0.25, -0.2) is 9.50 Å². The Morgan fingerprint density at radius 1 is 1.22 bits per heavy atom. The third-order valence-corrected chi connectivity index (χ3v) is 2.97. The fourth-order valence-corrected chi connectivity index (χ4v) is 2.06. The summed E-state index contributed by atoms with van der Waals surface area (Å²) >= 11 is 6.14. The van der Waals surface area contributed by atoms with Crippen molar-refractivity contribution >= 4 is 17.2 Å². The number of halogens is 1. The number of fused-ring (bicyclic) bond motifs is 1. The first-order valence-corrected chi connectivity index (χ1v) is 5.67. The molecule has 0 saturated carbocycles. The minimum Gasteiger partial charge on any atom is -0.236 e. The third kappa shape index (κ3) is 1.53. The van der Waals surface area contributed by atoms with Gasteiger partial charge in [-0.2, -0.15) is 10.4 Å². The van der Waals surface area contributed by atoms with E-state index in [0.717, 1.165) is 5.56 Å². The lowest BCUT2D eigenvalue weighted by Gasteiger charge is -1.99. The topological polar surface area (TPSA) is 54.0 Å². The van der Waals surface area contributed by atoms with Gasteiger partial charge < -0.3 is 0 Å². The van der Waals surface area contributed by atoms with E-state index in [2.05, 4.69) is 16.2 Å². The zero-order valence-electron chi connectivity index (χ0n) is 9.21. The maximum absolute atomic E-state index is 9.27. The summed E-state index contributed by atoms with van der Waals surface area (Å²) in [7, 11) is 0. The molecule has 86 valence electrons. The highest BCUT2D eigenvalue weighted by atomic mass is 35.5. The molecule has 2 heterocycles. The van der Waals surface area contributed by atoms with Crippen LogP contribution in [0.1, 0.15) is 5.56 Å². The van der Waals surface area contributed by atoms with Crippen LogP contribution in [0.15, 0.2) is 42.7 Å². The molecule has 0 aliphatic heterocycles. The number of benzene rings is 1. The molecule has 1 aromatic carbocycles. The summed E-state index contributed by atoms with van der Waals surface area (Å²) in [6, 6.07) is 11.2. The number of nitrogens with zero attached hydrogens (tertiary/aromatic N) is 4. The summed E-state index contributed by atoms with van der Waals surface area (Å²) in [4.78, 5) is 4.16. The molecule has 0 amide bonds. The average Bonchev–Trinajstić information content (AvgIpc) is 2.77. The fraction of sp³-hybridized carbons (Fsp3) is 0. The van der Waals surface area contributed by atoms with Crippen molar-refractivity contribution in [2.45, 2.75) is 0 Å². The largest absolute Gasteiger partial charge is 0.236 e. The zero-order valence-corrected chi connectivity index (χ0v) is 9.96. The van der Waals surface area contributed by atoms with Gasteiger partial charge in [-0.05, 0) is 12.1 Å². The first kappa shape index (κ1) is 10.8. The molecule has 0 radical (unpaired) electrons. The van der Waals surface area contributed by atoms with Crippen LogP contribution in [-0.4, -0.2) is 14.6 Å². The van der Waals surface area contributed by atoms with Crippen LogP contribution in [0.5, 0.6) is 0 Å². The van der Waals surface area contributed by atoms with Gasteiger partial charge >= 0.3 is 0 Å². The van der Waals surface area contributed by atoms with Crippen LogP contribution in [0.2, 0.25) is 5.02 Å². The number of hydrogen-bond acceptors (Lipinski definition) is 3. The van der Waals surface area contributed by atoms with E-state index in [9.17, 15) is 5.26 Å². The van der Waals surface area contributed by atoms with Gasteiger partial charge in [0.2, 0.25) is 0 Å². The highest BCUT2D eigenvalue weighted by Gasteiger charge is 2.16. The molecule has 4 nitrogen and oxygen atoms in total. The van der Waals surface area contributed by atoms with E-state index in [4.69, 9.17) is 11.6 Å². The zero-order chi connectivity index (χ0) is 12.5. The Labute approximate surface area is 108 Å². The predicted molar refractivity (Wildman–Crippen MR) is 68.1 cm³/mol. The molecule has 2 aromatic heterocycles. The predicted octanol–water partition coefficient (Wildman–Crippen LogP) is 2.92. The van der Waals surface area contributed by atoms with E-state index in [0.29, 0.717) is 21.9 Å². The molecular weight excluding hydrogens is 248 g/mol. The average molecular weight is 255 g/mol. The Morgan fingerprint density at radius 2 is 2.06 bits per heavy atom. The quantitative estimate of drug-likeness (QED) is 0.671. The minimum absolute atomic E-state index is 0.434.